The van der Waals surface area contributed by atoms with Crippen molar-refractivity contribution < 1.29 is 4.79 Å². The van der Waals surface area contributed by atoms with Crippen LogP contribution in [0.15, 0.2) is 42.5 Å². The molecule has 0 spiro atoms. The Labute approximate surface area is 163 Å². The van der Waals surface area contributed by atoms with Gasteiger partial charge in [0.1, 0.15) is 0 Å². The van der Waals surface area contributed by atoms with Gasteiger partial charge in [-0.15, -0.1) is 0 Å². The molecule has 1 aliphatic heterocycles. The average Bonchev–Trinajstić information content (AvgIpc) is 2.68. The standard InChI is InChI=1S/C24H32N2O/c1-4-23(22-13-8-18(2)16-19(22)3)25-24(27)21-11-9-20(10-12-21)17-26-14-6-5-7-15-26/h8-13,16,23H,4-7,14-15,17H2,1-3H3,(H,25,27)/t23-/m1/s1. The van der Waals surface area contributed by atoms with Gasteiger partial charge in [-0.3, -0.25) is 9.69 Å². The van der Waals surface area contributed by atoms with Crippen molar-refractivity contribution in [2.45, 2.75) is 59.0 Å². The fourth-order valence-electron chi connectivity index (χ4n) is 4.00. The Morgan fingerprint density at radius 1 is 1.04 bits per heavy atom. The average molecular weight is 365 g/mol. The van der Waals surface area contributed by atoms with Crippen molar-refractivity contribution in [1.82, 2.24) is 10.2 Å². The van der Waals surface area contributed by atoms with Gasteiger partial charge >= 0.3 is 0 Å². The third-order valence-corrected chi connectivity index (χ3v) is 5.59. The van der Waals surface area contributed by atoms with Crippen molar-refractivity contribution in [1.29, 1.82) is 0 Å². The largest absolute Gasteiger partial charge is 0.345 e. The lowest BCUT2D eigenvalue weighted by molar-refractivity contribution is 0.0935. The van der Waals surface area contributed by atoms with Crippen LogP contribution in [-0.2, 0) is 6.54 Å². The SMILES string of the molecule is CC[C@@H](NC(=O)c1ccc(CN2CCCCC2)cc1)c1ccc(C)cc1C. The highest BCUT2D eigenvalue weighted by atomic mass is 16.1. The van der Waals surface area contributed by atoms with Gasteiger partial charge in [0.25, 0.3) is 5.91 Å². The molecule has 1 saturated heterocycles. The first-order valence-corrected chi connectivity index (χ1v) is 10.3. The lowest BCUT2D eigenvalue weighted by atomic mass is 9.97. The van der Waals surface area contributed by atoms with Crippen LogP contribution in [-0.4, -0.2) is 23.9 Å². The van der Waals surface area contributed by atoms with Crippen LogP contribution >= 0.6 is 0 Å². The number of hydrogen-bond acceptors (Lipinski definition) is 2. The van der Waals surface area contributed by atoms with Crippen molar-refractivity contribution in [3.8, 4) is 0 Å². The van der Waals surface area contributed by atoms with Gasteiger partial charge in [0.2, 0.25) is 0 Å². The van der Waals surface area contributed by atoms with Crippen LogP contribution in [0.1, 0.15) is 71.3 Å². The molecule has 0 unspecified atom stereocenters. The minimum atomic E-state index is 0.00588. The molecule has 3 nitrogen and oxygen atoms in total. The number of benzene rings is 2. The Kier molecular flexibility index (Phi) is 6.68. The zero-order chi connectivity index (χ0) is 19.2. The van der Waals surface area contributed by atoms with E-state index in [9.17, 15) is 4.79 Å². The van der Waals surface area contributed by atoms with Crippen LogP contribution in [0.5, 0.6) is 0 Å². The number of carbonyl (C=O) groups excluding carboxylic acids is 1. The molecule has 1 N–H and O–H groups in total. The number of nitrogens with one attached hydrogen (secondary N) is 1. The minimum Gasteiger partial charge on any atom is -0.345 e. The second-order valence-electron chi connectivity index (χ2n) is 7.83. The van der Waals surface area contributed by atoms with Gasteiger partial charge in [-0.2, -0.15) is 0 Å². The smallest absolute Gasteiger partial charge is 0.251 e. The summed E-state index contributed by atoms with van der Waals surface area (Å²) in [6.45, 7) is 9.70. The van der Waals surface area contributed by atoms with E-state index >= 15 is 0 Å². The maximum Gasteiger partial charge on any atom is 0.251 e. The molecule has 1 fully saturated rings. The molecule has 0 radical (unpaired) electrons. The van der Waals surface area contributed by atoms with Gasteiger partial charge in [0, 0.05) is 12.1 Å². The van der Waals surface area contributed by atoms with Crippen LogP contribution in [0.3, 0.4) is 0 Å². The molecule has 144 valence electrons. The number of nitrogens with zero attached hydrogens (tertiary/aromatic N) is 1. The van der Waals surface area contributed by atoms with Crippen LogP contribution in [0.4, 0.5) is 0 Å². The summed E-state index contributed by atoms with van der Waals surface area (Å²) < 4.78 is 0. The number of hydrogen-bond donors (Lipinski definition) is 1. The lowest BCUT2D eigenvalue weighted by Crippen LogP contribution is -2.29. The van der Waals surface area contributed by atoms with E-state index in [1.165, 1.54) is 54.6 Å². The molecule has 27 heavy (non-hydrogen) atoms. The fourth-order valence-corrected chi connectivity index (χ4v) is 4.00. The van der Waals surface area contributed by atoms with E-state index in [0.717, 1.165) is 18.5 Å². The second-order valence-corrected chi connectivity index (χ2v) is 7.83. The van der Waals surface area contributed by atoms with Gasteiger partial charge in [-0.25, -0.2) is 0 Å². The Bertz CT molecular complexity index is 760. The van der Waals surface area contributed by atoms with Crippen LogP contribution in [0.25, 0.3) is 0 Å². The van der Waals surface area contributed by atoms with Crippen LogP contribution in [0.2, 0.25) is 0 Å². The number of likely N-dealkylation sites (tertiary alicyclic amines) is 1. The third-order valence-electron chi connectivity index (χ3n) is 5.59. The number of rotatable bonds is 6. The lowest BCUT2D eigenvalue weighted by Gasteiger charge is -2.26. The first kappa shape index (κ1) is 19.6. The van der Waals surface area contributed by atoms with Gasteiger partial charge in [0.15, 0.2) is 0 Å². The Hall–Kier alpha value is -2.13. The first-order valence-electron chi connectivity index (χ1n) is 10.3. The highest BCUT2D eigenvalue weighted by molar-refractivity contribution is 5.94. The van der Waals surface area contributed by atoms with Crippen LogP contribution < -0.4 is 5.32 Å². The summed E-state index contributed by atoms with van der Waals surface area (Å²) in [6.07, 6.45) is 4.84. The van der Waals surface area contributed by atoms with Crippen LogP contribution in [0, 0.1) is 13.8 Å². The fraction of sp³-hybridized carbons (Fsp3) is 0.458. The normalized spacial score (nSPS) is 16.1. The maximum absolute atomic E-state index is 12.7. The molecule has 1 aliphatic rings. The van der Waals surface area contributed by atoms with Gasteiger partial charge in [-0.1, -0.05) is 49.2 Å². The summed E-state index contributed by atoms with van der Waals surface area (Å²) in [4.78, 5) is 15.3. The molecule has 1 heterocycles. The van der Waals surface area contributed by atoms with E-state index in [2.05, 4.69) is 61.3 Å². The van der Waals surface area contributed by atoms with Crippen molar-refractivity contribution in [2.24, 2.45) is 0 Å². The van der Waals surface area contributed by atoms with E-state index in [4.69, 9.17) is 0 Å². The highest BCUT2D eigenvalue weighted by Crippen LogP contribution is 2.22. The monoisotopic (exact) mass is 364 g/mol. The molecule has 0 saturated carbocycles. The molecule has 0 bridgehead atoms. The van der Waals surface area contributed by atoms with E-state index in [-0.39, 0.29) is 11.9 Å². The Balaban J connectivity index is 1.64. The Morgan fingerprint density at radius 3 is 2.37 bits per heavy atom. The number of carbonyl (C=O) groups is 1. The topological polar surface area (TPSA) is 32.3 Å². The van der Waals surface area contributed by atoms with E-state index in [1.807, 2.05) is 12.1 Å². The molecule has 2 aromatic rings. The van der Waals surface area contributed by atoms with Crippen molar-refractivity contribution in [2.75, 3.05) is 13.1 Å². The highest BCUT2D eigenvalue weighted by Gasteiger charge is 2.16. The molecule has 0 aliphatic carbocycles. The van der Waals surface area contributed by atoms with Crippen molar-refractivity contribution >= 4 is 5.91 Å². The summed E-state index contributed by atoms with van der Waals surface area (Å²) in [7, 11) is 0. The molecular formula is C24H32N2O. The van der Waals surface area contributed by atoms with Gasteiger partial charge in [0.05, 0.1) is 6.04 Å². The molecule has 0 aromatic heterocycles. The predicted molar refractivity (Wildman–Crippen MR) is 112 cm³/mol. The zero-order valence-corrected chi connectivity index (χ0v) is 16.9. The molecule has 2 aromatic carbocycles. The molecule has 3 rings (SSSR count). The van der Waals surface area contributed by atoms with Crippen molar-refractivity contribution in [3.63, 3.8) is 0 Å². The molecule has 3 heteroatoms. The summed E-state index contributed by atoms with van der Waals surface area (Å²) in [5, 5.41) is 3.21. The van der Waals surface area contributed by atoms with E-state index in [1.54, 1.807) is 0 Å². The summed E-state index contributed by atoms with van der Waals surface area (Å²) >= 11 is 0. The van der Waals surface area contributed by atoms with Crippen molar-refractivity contribution in [3.05, 3.63) is 70.3 Å². The van der Waals surface area contributed by atoms with Gasteiger partial charge < -0.3 is 5.32 Å². The number of aryl methyl sites for hydroxylation is 2. The predicted octanol–water partition coefficient (Wildman–Crippen LogP) is 5.17. The first-order chi connectivity index (χ1) is 13.1. The molecular weight excluding hydrogens is 332 g/mol. The Morgan fingerprint density at radius 2 is 1.74 bits per heavy atom. The second kappa shape index (κ2) is 9.18. The molecule has 1 atom stereocenters. The number of amides is 1. The summed E-state index contributed by atoms with van der Waals surface area (Å²) in [6, 6.07) is 14.6. The van der Waals surface area contributed by atoms with Gasteiger partial charge in [-0.05, 0) is 75.0 Å². The van der Waals surface area contributed by atoms with E-state index < -0.39 is 0 Å². The molecule has 1 amide bonds. The summed E-state index contributed by atoms with van der Waals surface area (Å²) in [5.74, 6) is 0.00588. The zero-order valence-electron chi connectivity index (χ0n) is 16.9. The minimum absolute atomic E-state index is 0.00588. The quantitative estimate of drug-likeness (QED) is 0.767. The third kappa shape index (κ3) is 5.20. The van der Waals surface area contributed by atoms with E-state index in [0.29, 0.717) is 0 Å². The number of piperidine rings is 1. The summed E-state index contributed by atoms with van der Waals surface area (Å²) in [5.41, 5.74) is 5.72. The maximum atomic E-state index is 12.7.